The molecule has 0 heterocycles. The van der Waals surface area contributed by atoms with Crippen LogP contribution in [0.3, 0.4) is 0 Å². The number of anilines is 1. The van der Waals surface area contributed by atoms with E-state index in [0.717, 1.165) is 10.2 Å². The summed E-state index contributed by atoms with van der Waals surface area (Å²) in [6.45, 7) is 0. The number of halogens is 3. The normalized spacial score (nSPS) is 10.4. The van der Waals surface area contributed by atoms with Crippen LogP contribution in [0.4, 0.5) is 10.1 Å². The Bertz CT molecular complexity index is 616. The molecule has 0 aliphatic heterocycles. The first-order chi connectivity index (χ1) is 10.1. The molecule has 0 atom stereocenters. The number of carbonyl (C=O) groups excluding carboxylic acids is 1. The molecular formula is C15H12BrClFNOS. The van der Waals surface area contributed by atoms with Crippen LogP contribution in [0.15, 0.2) is 46.9 Å². The Morgan fingerprint density at radius 2 is 1.95 bits per heavy atom. The highest BCUT2D eigenvalue weighted by molar-refractivity contribution is 9.10. The number of amides is 1. The summed E-state index contributed by atoms with van der Waals surface area (Å²) in [4.78, 5) is 11.8. The van der Waals surface area contributed by atoms with Crippen molar-refractivity contribution >= 4 is 50.9 Å². The maximum absolute atomic E-state index is 13.6. The maximum Gasteiger partial charge on any atom is 0.234 e. The van der Waals surface area contributed by atoms with Crippen molar-refractivity contribution in [2.45, 2.75) is 5.75 Å². The lowest BCUT2D eigenvalue weighted by molar-refractivity contribution is -0.113. The summed E-state index contributed by atoms with van der Waals surface area (Å²) >= 11 is 10.6. The van der Waals surface area contributed by atoms with E-state index in [9.17, 15) is 9.18 Å². The van der Waals surface area contributed by atoms with Crippen LogP contribution in [0.1, 0.15) is 5.56 Å². The van der Waals surface area contributed by atoms with Gasteiger partial charge >= 0.3 is 0 Å². The fraction of sp³-hybridized carbons (Fsp3) is 0.133. The van der Waals surface area contributed by atoms with E-state index in [4.69, 9.17) is 11.6 Å². The highest BCUT2D eigenvalue weighted by Gasteiger charge is 2.08. The summed E-state index contributed by atoms with van der Waals surface area (Å²) < 4.78 is 14.5. The topological polar surface area (TPSA) is 29.1 Å². The number of carbonyl (C=O) groups is 1. The van der Waals surface area contributed by atoms with Crippen molar-refractivity contribution in [3.8, 4) is 0 Å². The molecule has 0 unspecified atom stereocenters. The van der Waals surface area contributed by atoms with Crippen LogP contribution in [-0.4, -0.2) is 11.7 Å². The molecule has 6 heteroatoms. The molecule has 0 aromatic heterocycles. The van der Waals surface area contributed by atoms with Crippen molar-refractivity contribution in [2.24, 2.45) is 0 Å². The second-order valence-electron chi connectivity index (χ2n) is 4.25. The fourth-order valence-electron chi connectivity index (χ4n) is 1.65. The smallest absolute Gasteiger partial charge is 0.234 e. The molecule has 0 spiro atoms. The largest absolute Gasteiger partial charge is 0.325 e. The van der Waals surface area contributed by atoms with Gasteiger partial charge in [0.2, 0.25) is 5.91 Å². The van der Waals surface area contributed by atoms with Crippen LogP contribution in [0.2, 0.25) is 5.02 Å². The average Bonchev–Trinajstić information content (AvgIpc) is 2.45. The predicted molar refractivity (Wildman–Crippen MR) is 90.3 cm³/mol. The monoisotopic (exact) mass is 387 g/mol. The van der Waals surface area contributed by atoms with E-state index in [1.807, 2.05) is 12.1 Å². The van der Waals surface area contributed by atoms with Gasteiger partial charge in [0.1, 0.15) is 5.82 Å². The van der Waals surface area contributed by atoms with Gasteiger partial charge in [0.15, 0.2) is 0 Å². The second kappa shape index (κ2) is 7.82. The molecule has 0 saturated heterocycles. The molecule has 1 N–H and O–H groups in total. The third-order valence-corrected chi connectivity index (χ3v) is 4.51. The van der Waals surface area contributed by atoms with Gasteiger partial charge in [-0.3, -0.25) is 4.79 Å². The van der Waals surface area contributed by atoms with Gasteiger partial charge in [0, 0.05) is 26.5 Å². The predicted octanol–water partition coefficient (Wildman–Crippen LogP) is 5.11. The van der Waals surface area contributed by atoms with E-state index >= 15 is 0 Å². The van der Waals surface area contributed by atoms with Gasteiger partial charge in [0.25, 0.3) is 0 Å². The number of hydrogen-bond acceptors (Lipinski definition) is 2. The summed E-state index contributed by atoms with van der Waals surface area (Å²) in [7, 11) is 0. The van der Waals surface area contributed by atoms with Crippen molar-refractivity contribution in [2.75, 3.05) is 11.1 Å². The molecule has 110 valence electrons. The third-order valence-electron chi connectivity index (χ3n) is 2.67. The highest BCUT2D eigenvalue weighted by atomic mass is 79.9. The maximum atomic E-state index is 13.6. The Hall–Kier alpha value is -1.04. The van der Waals surface area contributed by atoms with Crippen LogP contribution in [0, 0.1) is 5.82 Å². The Labute approximate surface area is 140 Å². The molecule has 0 radical (unpaired) electrons. The summed E-state index contributed by atoms with van der Waals surface area (Å²) in [6.07, 6.45) is 0. The lowest BCUT2D eigenvalue weighted by atomic mass is 10.2. The first-order valence-electron chi connectivity index (χ1n) is 6.12. The van der Waals surface area contributed by atoms with Crippen LogP contribution in [0.25, 0.3) is 0 Å². The molecule has 1 amide bonds. The van der Waals surface area contributed by atoms with Gasteiger partial charge in [-0.2, -0.15) is 0 Å². The average molecular weight is 389 g/mol. The Morgan fingerprint density at radius 1 is 1.24 bits per heavy atom. The van der Waals surface area contributed by atoms with Gasteiger partial charge in [-0.05, 0) is 36.4 Å². The summed E-state index contributed by atoms with van der Waals surface area (Å²) in [5, 5.41) is 3.16. The van der Waals surface area contributed by atoms with Crippen molar-refractivity contribution < 1.29 is 9.18 Å². The molecule has 2 nitrogen and oxygen atoms in total. The molecule has 0 aliphatic rings. The van der Waals surface area contributed by atoms with Crippen molar-refractivity contribution in [3.05, 3.63) is 63.3 Å². The van der Waals surface area contributed by atoms with Gasteiger partial charge in [-0.1, -0.05) is 33.6 Å². The first-order valence-corrected chi connectivity index (χ1v) is 8.45. The third kappa shape index (κ3) is 5.02. The number of rotatable bonds is 5. The molecular weight excluding hydrogens is 377 g/mol. The molecule has 2 aromatic carbocycles. The molecule has 0 fully saturated rings. The number of benzene rings is 2. The Morgan fingerprint density at radius 3 is 2.62 bits per heavy atom. The number of nitrogens with one attached hydrogen (secondary N) is 1. The van der Waals surface area contributed by atoms with Crippen LogP contribution in [0.5, 0.6) is 0 Å². The molecule has 2 aromatic rings. The van der Waals surface area contributed by atoms with E-state index in [1.54, 1.807) is 24.3 Å². The minimum absolute atomic E-state index is 0.130. The van der Waals surface area contributed by atoms with E-state index in [0.29, 0.717) is 16.3 Å². The lowest BCUT2D eigenvalue weighted by Gasteiger charge is -2.07. The van der Waals surface area contributed by atoms with E-state index in [1.165, 1.54) is 17.8 Å². The van der Waals surface area contributed by atoms with E-state index in [-0.39, 0.29) is 17.5 Å². The lowest BCUT2D eigenvalue weighted by Crippen LogP contribution is -2.14. The van der Waals surface area contributed by atoms with Crippen molar-refractivity contribution in [3.63, 3.8) is 0 Å². The molecule has 0 aliphatic carbocycles. The summed E-state index contributed by atoms with van der Waals surface area (Å²) in [6, 6.07) is 11.9. The summed E-state index contributed by atoms with van der Waals surface area (Å²) in [5.74, 6) is 0.123. The quantitative estimate of drug-likeness (QED) is 0.771. The fourth-order valence-corrected chi connectivity index (χ4v) is 3.08. The first kappa shape index (κ1) is 16.3. The zero-order valence-corrected chi connectivity index (χ0v) is 14.1. The standard InChI is InChI=1S/C15H12BrClFNOS/c16-10-4-6-11(7-5-10)19-15(20)9-21-8-12-13(17)2-1-3-14(12)18/h1-7H,8-9H2,(H,19,20). The van der Waals surface area contributed by atoms with Crippen LogP contribution in [-0.2, 0) is 10.5 Å². The van der Waals surface area contributed by atoms with Gasteiger partial charge in [-0.25, -0.2) is 4.39 Å². The Kier molecular flexibility index (Phi) is 6.08. The SMILES string of the molecule is O=C(CSCc1c(F)cccc1Cl)Nc1ccc(Br)cc1. The molecule has 21 heavy (non-hydrogen) atoms. The van der Waals surface area contributed by atoms with Crippen molar-refractivity contribution in [1.82, 2.24) is 0 Å². The van der Waals surface area contributed by atoms with Gasteiger partial charge in [0.05, 0.1) is 5.75 Å². The van der Waals surface area contributed by atoms with Crippen LogP contribution < -0.4 is 5.32 Å². The molecule has 0 saturated carbocycles. The Balaban J connectivity index is 1.83. The minimum Gasteiger partial charge on any atom is -0.325 e. The van der Waals surface area contributed by atoms with Gasteiger partial charge in [-0.15, -0.1) is 11.8 Å². The highest BCUT2D eigenvalue weighted by Crippen LogP contribution is 2.24. The zero-order valence-electron chi connectivity index (χ0n) is 10.9. The molecule has 0 bridgehead atoms. The number of thioether (sulfide) groups is 1. The zero-order chi connectivity index (χ0) is 15.2. The summed E-state index contributed by atoms with van der Waals surface area (Å²) in [5.41, 5.74) is 1.16. The van der Waals surface area contributed by atoms with Crippen LogP contribution >= 0.6 is 39.3 Å². The van der Waals surface area contributed by atoms with E-state index in [2.05, 4.69) is 21.2 Å². The minimum atomic E-state index is -0.344. The van der Waals surface area contributed by atoms with Gasteiger partial charge < -0.3 is 5.32 Å². The van der Waals surface area contributed by atoms with E-state index < -0.39 is 0 Å². The van der Waals surface area contributed by atoms with Crippen molar-refractivity contribution in [1.29, 1.82) is 0 Å². The molecule has 2 rings (SSSR count). The number of hydrogen-bond donors (Lipinski definition) is 1. The second-order valence-corrected chi connectivity index (χ2v) is 6.56.